The first-order valence-electron chi connectivity index (χ1n) is 5.68. The quantitative estimate of drug-likeness (QED) is 0.734. The first-order chi connectivity index (χ1) is 8.72. The van der Waals surface area contributed by atoms with Gasteiger partial charge in [-0.2, -0.15) is 0 Å². The molecule has 1 aromatic carbocycles. The number of carbonyl (C=O) groups excluding carboxylic acids is 2. The van der Waals surface area contributed by atoms with Crippen LogP contribution in [0.2, 0.25) is 0 Å². The molecule has 0 atom stereocenters. The molecule has 0 aliphatic heterocycles. The van der Waals surface area contributed by atoms with Gasteiger partial charge >= 0.3 is 11.9 Å². The van der Waals surface area contributed by atoms with Crippen LogP contribution in [0.25, 0.3) is 0 Å². The second-order valence-electron chi connectivity index (χ2n) is 3.63. The Morgan fingerprint density at radius 3 is 2.44 bits per heavy atom. The third-order valence-electron chi connectivity index (χ3n) is 2.13. The summed E-state index contributed by atoms with van der Waals surface area (Å²) in [5, 5.41) is 8.50. The number of ether oxygens (including phenoxy) is 2. The molecule has 0 saturated carbocycles. The zero-order valence-corrected chi connectivity index (χ0v) is 10.0. The van der Waals surface area contributed by atoms with E-state index >= 15 is 0 Å². The molecule has 0 aromatic heterocycles. The summed E-state index contributed by atoms with van der Waals surface area (Å²) in [4.78, 5) is 22.3. The van der Waals surface area contributed by atoms with Gasteiger partial charge in [-0.05, 0) is 12.0 Å². The van der Waals surface area contributed by atoms with Crippen molar-refractivity contribution >= 4 is 11.9 Å². The normalized spacial score (nSPS) is 9.83. The number of aliphatic hydroxyl groups is 1. The fourth-order valence-corrected chi connectivity index (χ4v) is 1.21. The van der Waals surface area contributed by atoms with Crippen LogP contribution in [0.15, 0.2) is 30.3 Å². The van der Waals surface area contributed by atoms with E-state index in [2.05, 4.69) is 4.74 Å². The molecule has 0 aliphatic rings. The van der Waals surface area contributed by atoms with Crippen molar-refractivity contribution in [3.63, 3.8) is 0 Å². The van der Waals surface area contributed by atoms with Gasteiger partial charge in [-0.3, -0.25) is 4.79 Å². The van der Waals surface area contributed by atoms with Crippen molar-refractivity contribution in [1.82, 2.24) is 0 Å². The van der Waals surface area contributed by atoms with Crippen LogP contribution in [0, 0.1) is 0 Å². The number of benzene rings is 1. The van der Waals surface area contributed by atoms with Gasteiger partial charge < -0.3 is 14.6 Å². The second-order valence-corrected chi connectivity index (χ2v) is 3.63. The van der Waals surface area contributed by atoms with Crippen LogP contribution in [0.3, 0.4) is 0 Å². The minimum atomic E-state index is -0.587. The molecule has 18 heavy (non-hydrogen) atoms. The zero-order chi connectivity index (χ0) is 13.2. The molecular formula is C13H16O5. The van der Waals surface area contributed by atoms with Crippen LogP contribution in [0.4, 0.5) is 0 Å². The molecule has 1 aromatic rings. The highest BCUT2D eigenvalue weighted by molar-refractivity contribution is 5.76. The molecule has 0 saturated heterocycles. The number of carbonyl (C=O) groups is 2. The van der Waals surface area contributed by atoms with Crippen molar-refractivity contribution in [3.8, 4) is 0 Å². The molecule has 0 amide bonds. The van der Waals surface area contributed by atoms with Gasteiger partial charge in [0.15, 0.2) is 6.61 Å². The Bertz CT molecular complexity index is 374. The maximum absolute atomic E-state index is 11.2. The van der Waals surface area contributed by atoms with Gasteiger partial charge in [0.1, 0.15) is 6.61 Å². The fourth-order valence-electron chi connectivity index (χ4n) is 1.21. The van der Waals surface area contributed by atoms with E-state index in [1.165, 1.54) is 0 Å². The van der Waals surface area contributed by atoms with E-state index in [1.807, 2.05) is 30.3 Å². The molecule has 1 N–H and O–H groups in total. The molecule has 0 radical (unpaired) electrons. The van der Waals surface area contributed by atoms with Crippen molar-refractivity contribution in [2.24, 2.45) is 0 Å². The predicted octanol–water partition coefficient (Wildman–Crippen LogP) is 1.05. The lowest BCUT2D eigenvalue weighted by Crippen LogP contribution is -2.16. The highest BCUT2D eigenvalue weighted by Crippen LogP contribution is 2.01. The van der Waals surface area contributed by atoms with E-state index in [0.29, 0.717) is 6.42 Å². The number of hydrogen-bond donors (Lipinski definition) is 1. The maximum Gasteiger partial charge on any atom is 0.344 e. The monoisotopic (exact) mass is 252 g/mol. The Hall–Kier alpha value is -1.88. The lowest BCUT2D eigenvalue weighted by atomic mass is 10.2. The van der Waals surface area contributed by atoms with Crippen LogP contribution in [0.1, 0.15) is 18.4 Å². The molecule has 0 unspecified atom stereocenters. The minimum Gasteiger partial charge on any atom is -0.458 e. The van der Waals surface area contributed by atoms with Gasteiger partial charge in [-0.15, -0.1) is 0 Å². The Balaban J connectivity index is 2.16. The third-order valence-corrected chi connectivity index (χ3v) is 2.13. The molecule has 1 rings (SSSR count). The molecule has 0 spiro atoms. The first kappa shape index (κ1) is 14.2. The Kier molecular flexibility index (Phi) is 6.50. The summed E-state index contributed by atoms with van der Waals surface area (Å²) < 4.78 is 9.59. The summed E-state index contributed by atoms with van der Waals surface area (Å²) in [6.07, 6.45) is 0.431. The summed E-state index contributed by atoms with van der Waals surface area (Å²) >= 11 is 0. The van der Waals surface area contributed by atoms with Crippen molar-refractivity contribution in [2.45, 2.75) is 19.4 Å². The molecule has 98 valence electrons. The van der Waals surface area contributed by atoms with Gasteiger partial charge in [0, 0.05) is 13.0 Å². The molecule has 5 nitrogen and oxygen atoms in total. The Morgan fingerprint density at radius 2 is 1.78 bits per heavy atom. The van der Waals surface area contributed by atoms with Crippen molar-refractivity contribution in [2.75, 3.05) is 13.2 Å². The van der Waals surface area contributed by atoms with Crippen LogP contribution < -0.4 is 0 Å². The smallest absolute Gasteiger partial charge is 0.344 e. The summed E-state index contributed by atoms with van der Waals surface area (Å²) in [5.41, 5.74) is 0.873. The third kappa shape index (κ3) is 6.00. The molecule has 0 bridgehead atoms. The van der Waals surface area contributed by atoms with Gasteiger partial charge in [0.2, 0.25) is 0 Å². The first-order valence-corrected chi connectivity index (χ1v) is 5.68. The SMILES string of the molecule is O=C(CCCO)OCC(=O)OCc1ccccc1. The Labute approximate surface area is 105 Å². The van der Waals surface area contributed by atoms with Gasteiger partial charge in [0.25, 0.3) is 0 Å². The van der Waals surface area contributed by atoms with Crippen molar-refractivity contribution in [1.29, 1.82) is 0 Å². The largest absolute Gasteiger partial charge is 0.458 e. The predicted molar refractivity (Wildman–Crippen MR) is 63.5 cm³/mol. The van der Waals surface area contributed by atoms with E-state index in [1.54, 1.807) is 0 Å². The number of aliphatic hydroxyl groups excluding tert-OH is 1. The average molecular weight is 252 g/mol. The van der Waals surface area contributed by atoms with E-state index in [-0.39, 0.29) is 19.6 Å². The standard InChI is InChI=1S/C13H16O5/c14-8-4-7-12(15)18-10-13(16)17-9-11-5-2-1-3-6-11/h1-3,5-6,14H,4,7-10H2. The number of hydrogen-bond acceptors (Lipinski definition) is 5. The number of esters is 2. The molecule has 0 heterocycles. The van der Waals surface area contributed by atoms with Gasteiger partial charge in [0.05, 0.1) is 0 Å². The summed E-state index contributed by atoms with van der Waals surface area (Å²) in [7, 11) is 0. The van der Waals surface area contributed by atoms with Crippen LogP contribution in [-0.4, -0.2) is 30.3 Å². The van der Waals surface area contributed by atoms with E-state index in [4.69, 9.17) is 9.84 Å². The Morgan fingerprint density at radius 1 is 1.06 bits per heavy atom. The van der Waals surface area contributed by atoms with E-state index in [9.17, 15) is 9.59 Å². The van der Waals surface area contributed by atoms with Gasteiger partial charge in [-0.1, -0.05) is 30.3 Å². The number of rotatable bonds is 7. The van der Waals surface area contributed by atoms with Crippen LogP contribution in [0.5, 0.6) is 0 Å². The maximum atomic E-state index is 11.2. The summed E-state index contributed by atoms with van der Waals surface area (Å²) in [6.45, 7) is -0.307. The lowest BCUT2D eigenvalue weighted by Gasteiger charge is -2.05. The fraction of sp³-hybridized carbons (Fsp3) is 0.385. The molecule has 0 fully saturated rings. The lowest BCUT2D eigenvalue weighted by molar-refractivity contribution is -0.159. The van der Waals surface area contributed by atoms with E-state index < -0.39 is 18.5 Å². The topological polar surface area (TPSA) is 72.8 Å². The molecule has 0 aliphatic carbocycles. The second kappa shape index (κ2) is 8.25. The zero-order valence-electron chi connectivity index (χ0n) is 10.0. The highest BCUT2D eigenvalue weighted by atomic mass is 16.6. The molecule has 5 heteroatoms. The van der Waals surface area contributed by atoms with E-state index in [0.717, 1.165) is 5.56 Å². The summed E-state index contributed by atoms with van der Waals surface area (Å²) in [5.74, 6) is -1.10. The minimum absolute atomic E-state index is 0.0758. The van der Waals surface area contributed by atoms with Gasteiger partial charge in [-0.25, -0.2) is 4.79 Å². The van der Waals surface area contributed by atoms with Crippen molar-refractivity contribution in [3.05, 3.63) is 35.9 Å². The average Bonchev–Trinajstić information content (AvgIpc) is 2.41. The molecular weight excluding hydrogens is 236 g/mol. The summed E-state index contributed by atoms with van der Waals surface area (Å²) in [6, 6.07) is 9.23. The highest BCUT2D eigenvalue weighted by Gasteiger charge is 2.08. The van der Waals surface area contributed by atoms with Crippen molar-refractivity contribution < 1.29 is 24.2 Å². The van der Waals surface area contributed by atoms with Crippen LogP contribution >= 0.6 is 0 Å². The van der Waals surface area contributed by atoms with Crippen LogP contribution in [-0.2, 0) is 25.7 Å².